The van der Waals surface area contributed by atoms with Crippen molar-refractivity contribution in [2.75, 3.05) is 13.2 Å². The van der Waals surface area contributed by atoms with E-state index in [-0.39, 0.29) is 11.6 Å². The summed E-state index contributed by atoms with van der Waals surface area (Å²) in [4.78, 5) is 25.8. The second kappa shape index (κ2) is 7.26. The van der Waals surface area contributed by atoms with Crippen molar-refractivity contribution in [3.63, 3.8) is 0 Å². The van der Waals surface area contributed by atoms with Gasteiger partial charge in [-0.1, -0.05) is 6.07 Å². The number of non-ortho nitro benzene ring substituents is 1. The van der Waals surface area contributed by atoms with Crippen LogP contribution in [0.15, 0.2) is 42.6 Å². The zero-order chi connectivity index (χ0) is 18.7. The maximum Gasteiger partial charge on any atom is 0.270 e. The quantitative estimate of drug-likeness (QED) is 0.403. The first kappa shape index (κ1) is 17.5. The van der Waals surface area contributed by atoms with Crippen molar-refractivity contribution in [1.82, 2.24) is 10.3 Å². The van der Waals surface area contributed by atoms with Gasteiger partial charge in [0.05, 0.1) is 17.0 Å². The summed E-state index contributed by atoms with van der Waals surface area (Å²) < 4.78 is 5.66. The SMILES string of the molecule is Cc1cc(C)cc(OCCNC(=O)c2c[nH]c3ccc([N+](=O)[O-])cc23)c1. The molecular formula is C19H19N3O4. The van der Waals surface area contributed by atoms with Gasteiger partial charge in [0.15, 0.2) is 0 Å². The zero-order valence-corrected chi connectivity index (χ0v) is 14.5. The molecule has 0 bridgehead atoms. The Kier molecular flexibility index (Phi) is 4.88. The molecule has 0 atom stereocenters. The molecule has 1 aromatic heterocycles. The van der Waals surface area contributed by atoms with Gasteiger partial charge in [-0.25, -0.2) is 0 Å². The topological polar surface area (TPSA) is 97.3 Å². The van der Waals surface area contributed by atoms with Crippen molar-refractivity contribution < 1.29 is 14.5 Å². The molecule has 0 fully saturated rings. The van der Waals surface area contributed by atoms with Crippen molar-refractivity contribution in [3.05, 3.63) is 69.4 Å². The fourth-order valence-corrected chi connectivity index (χ4v) is 2.85. The summed E-state index contributed by atoms with van der Waals surface area (Å²) in [6.07, 6.45) is 1.55. The third kappa shape index (κ3) is 3.83. The molecule has 0 saturated carbocycles. The normalized spacial score (nSPS) is 10.7. The number of rotatable bonds is 6. The lowest BCUT2D eigenvalue weighted by molar-refractivity contribution is -0.384. The molecule has 7 nitrogen and oxygen atoms in total. The number of nitrogens with zero attached hydrogens (tertiary/aromatic N) is 1. The number of nitrogens with one attached hydrogen (secondary N) is 2. The van der Waals surface area contributed by atoms with Crippen LogP contribution in [0.4, 0.5) is 5.69 Å². The number of amides is 1. The first-order valence-corrected chi connectivity index (χ1v) is 8.19. The van der Waals surface area contributed by atoms with Crippen molar-refractivity contribution >= 4 is 22.5 Å². The molecule has 3 aromatic rings. The van der Waals surface area contributed by atoms with E-state index in [1.54, 1.807) is 12.3 Å². The van der Waals surface area contributed by atoms with E-state index in [1.807, 2.05) is 26.0 Å². The number of H-pyrrole nitrogens is 1. The summed E-state index contributed by atoms with van der Waals surface area (Å²) in [6.45, 7) is 4.65. The average Bonchev–Trinajstić information content (AvgIpc) is 3.01. The number of carbonyl (C=O) groups is 1. The molecule has 0 spiro atoms. The minimum atomic E-state index is -0.480. The molecule has 0 unspecified atom stereocenters. The van der Waals surface area contributed by atoms with Crippen LogP contribution < -0.4 is 10.1 Å². The van der Waals surface area contributed by atoms with Crippen molar-refractivity contribution in [3.8, 4) is 5.75 Å². The number of aryl methyl sites for hydroxylation is 2. The Balaban J connectivity index is 1.62. The number of nitro groups is 1. The molecule has 2 N–H and O–H groups in total. The van der Waals surface area contributed by atoms with E-state index in [9.17, 15) is 14.9 Å². The molecule has 3 rings (SSSR count). The monoisotopic (exact) mass is 353 g/mol. The number of hydrogen-bond acceptors (Lipinski definition) is 4. The van der Waals surface area contributed by atoms with Crippen LogP contribution in [-0.4, -0.2) is 29.0 Å². The molecule has 0 aliphatic rings. The number of fused-ring (bicyclic) bond motifs is 1. The van der Waals surface area contributed by atoms with Crippen LogP contribution in [-0.2, 0) is 0 Å². The largest absolute Gasteiger partial charge is 0.492 e. The Bertz CT molecular complexity index is 958. The first-order chi connectivity index (χ1) is 12.4. The van der Waals surface area contributed by atoms with Gasteiger partial charge >= 0.3 is 0 Å². The van der Waals surface area contributed by atoms with Crippen LogP contribution >= 0.6 is 0 Å². The molecule has 1 amide bonds. The van der Waals surface area contributed by atoms with E-state index in [4.69, 9.17) is 4.74 Å². The molecule has 0 aliphatic carbocycles. The summed E-state index contributed by atoms with van der Waals surface area (Å²) in [6, 6.07) is 10.3. The van der Waals surface area contributed by atoms with Crippen LogP contribution in [0.2, 0.25) is 0 Å². The lowest BCUT2D eigenvalue weighted by atomic mass is 10.1. The Morgan fingerprint density at radius 1 is 1.19 bits per heavy atom. The van der Waals surface area contributed by atoms with Gasteiger partial charge < -0.3 is 15.0 Å². The number of hydrogen-bond donors (Lipinski definition) is 2. The summed E-state index contributed by atoms with van der Waals surface area (Å²) in [5.41, 5.74) is 3.22. The molecule has 0 radical (unpaired) electrons. The number of carbonyl (C=O) groups excluding carboxylic acids is 1. The highest BCUT2D eigenvalue weighted by Gasteiger charge is 2.15. The third-order valence-corrected chi connectivity index (χ3v) is 3.97. The molecule has 7 heteroatoms. The second-order valence-electron chi connectivity index (χ2n) is 6.12. The summed E-state index contributed by atoms with van der Waals surface area (Å²) in [5, 5.41) is 14.2. The van der Waals surface area contributed by atoms with E-state index < -0.39 is 4.92 Å². The van der Waals surface area contributed by atoms with Crippen molar-refractivity contribution in [2.24, 2.45) is 0 Å². The van der Waals surface area contributed by atoms with E-state index in [0.29, 0.717) is 29.6 Å². The predicted octanol–water partition coefficient (Wildman–Crippen LogP) is 3.50. The van der Waals surface area contributed by atoms with Crippen LogP contribution in [0.5, 0.6) is 5.75 Å². The van der Waals surface area contributed by atoms with Gasteiger partial charge in [-0.3, -0.25) is 14.9 Å². The molecule has 26 heavy (non-hydrogen) atoms. The number of benzene rings is 2. The average molecular weight is 353 g/mol. The maximum atomic E-state index is 12.4. The molecular weight excluding hydrogens is 334 g/mol. The fraction of sp³-hybridized carbons (Fsp3) is 0.211. The molecule has 0 saturated heterocycles. The Morgan fingerprint density at radius 3 is 2.62 bits per heavy atom. The van der Waals surface area contributed by atoms with Crippen LogP contribution in [0.1, 0.15) is 21.5 Å². The fourth-order valence-electron chi connectivity index (χ4n) is 2.85. The second-order valence-corrected chi connectivity index (χ2v) is 6.12. The lowest BCUT2D eigenvalue weighted by Crippen LogP contribution is -2.27. The molecule has 1 heterocycles. The third-order valence-electron chi connectivity index (χ3n) is 3.97. The first-order valence-electron chi connectivity index (χ1n) is 8.19. The van der Waals surface area contributed by atoms with Gasteiger partial charge in [-0.2, -0.15) is 0 Å². The number of ether oxygens (including phenoxy) is 1. The van der Waals surface area contributed by atoms with E-state index in [2.05, 4.69) is 16.4 Å². The van der Waals surface area contributed by atoms with Crippen molar-refractivity contribution in [1.29, 1.82) is 0 Å². The standard InChI is InChI=1S/C19H19N3O4/c1-12-7-13(2)9-15(8-12)26-6-5-20-19(23)17-11-21-18-4-3-14(22(24)25)10-16(17)18/h3-4,7-11,21H,5-6H2,1-2H3,(H,20,23). The maximum absolute atomic E-state index is 12.4. The van der Waals surface area contributed by atoms with Crippen LogP contribution in [0, 0.1) is 24.0 Å². The van der Waals surface area contributed by atoms with Crippen LogP contribution in [0.3, 0.4) is 0 Å². The van der Waals surface area contributed by atoms with Gasteiger partial charge in [0.1, 0.15) is 12.4 Å². The van der Waals surface area contributed by atoms with Gasteiger partial charge in [-0.05, 0) is 43.2 Å². The van der Waals surface area contributed by atoms with E-state index in [0.717, 1.165) is 16.9 Å². The number of aromatic nitrogens is 1. The Morgan fingerprint density at radius 2 is 1.92 bits per heavy atom. The predicted molar refractivity (Wildman–Crippen MR) is 98.7 cm³/mol. The highest BCUT2D eigenvalue weighted by molar-refractivity contribution is 6.07. The Labute approximate surface area is 150 Å². The van der Waals surface area contributed by atoms with Gasteiger partial charge in [-0.15, -0.1) is 0 Å². The lowest BCUT2D eigenvalue weighted by Gasteiger charge is -2.09. The van der Waals surface area contributed by atoms with E-state index in [1.165, 1.54) is 12.1 Å². The highest BCUT2D eigenvalue weighted by Crippen LogP contribution is 2.23. The van der Waals surface area contributed by atoms with Crippen molar-refractivity contribution in [2.45, 2.75) is 13.8 Å². The minimum absolute atomic E-state index is 0.0516. The minimum Gasteiger partial charge on any atom is -0.492 e. The van der Waals surface area contributed by atoms with Gasteiger partial charge in [0.25, 0.3) is 11.6 Å². The van der Waals surface area contributed by atoms with Gasteiger partial charge in [0, 0.05) is 29.2 Å². The molecule has 0 aliphatic heterocycles. The van der Waals surface area contributed by atoms with Crippen LogP contribution in [0.25, 0.3) is 10.9 Å². The van der Waals surface area contributed by atoms with Gasteiger partial charge in [0.2, 0.25) is 0 Å². The number of aromatic amines is 1. The zero-order valence-electron chi connectivity index (χ0n) is 14.5. The molecule has 134 valence electrons. The molecule has 2 aromatic carbocycles. The highest BCUT2D eigenvalue weighted by atomic mass is 16.6. The smallest absolute Gasteiger partial charge is 0.270 e. The Hall–Kier alpha value is -3.35. The summed E-state index contributed by atoms with van der Waals surface area (Å²) in [7, 11) is 0. The summed E-state index contributed by atoms with van der Waals surface area (Å²) >= 11 is 0. The van der Waals surface area contributed by atoms with E-state index >= 15 is 0 Å². The number of nitro benzene ring substituents is 1. The summed E-state index contributed by atoms with van der Waals surface area (Å²) in [5.74, 6) is 0.459.